The smallest absolute Gasteiger partial charge is 0.158 e. The first kappa shape index (κ1) is 79.2. The molecule has 6 rings (SSSR count). The Morgan fingerprint density at radius 1 is 0.404 bits per heavy atom. The van der Waals surface area contributed by atoms with Crippen LogP contribution in [0.1, 0.15) is 60.7 Å². The number of alkyl halides is 6. The van der Waals surface area contributed by atoms with Crippen LogP contribution < -0.4 is 0 Å². The van der Waals surface area contributed by atoms with Gasteiger partial charge in [-0.25, -0.2) is 26.3 Å². The Morgan fingerprint density at radius 3 is 1.18 bits per heavy atom. The van der Waals surface area contributed by atoms with Gasteiger partial charge in [-0.2, -0.15) is 0 Å². The largest absolute Gasteiger partial charge is 0.469 e. The summed E-state index contributed by atoms with van der Waals surface area (Å²) in [5, 5.41) is 0. The van der Waals surface area contributed by atoms with Crippen molar-refractivity contribution in [3.05, 3.63) is 192 Å². The maximum Gasteiger partial charge on any atom is 0.158 e. The van der Waals surface area contributed by atoms with E-state index in [9.17, 15) is 26.3 Å². The van der Waals surface area contributed by atoms with Crippen LogP contribution in [0.2, 0.25) is 0 Å². The second kappa shape index (κ2) is 49.1. The van der Waals surface area contributed by atoms with Gasteiger partial charge in [-0.15, -0.1) is 38.5 Å². The Kier molecular flexibility index (Phi) is 43.6. The molecule has 0 spiro atoms. The van der Waals surface area contributed by atoms with Gasteiger partial charge in [0.05, 0.1) is 51.8 Å². The van der Waals surface area contributed by atoms with Crippen molar-refractivity contribution in [2.45, 2.75) is 102 Å². The number of benzene rings is 4. The molecule has 0 amide bonds. The Labute approximate surface area is 531 Å². The molecular weight excluding hydrogens is 1120 g/mol. The average Bonchev–Trinajstić information content (AvgIpc) is 4.31. The van der Waals surface area contributed by atoms with Crippen molar-refractivity contribution < 1.29 is 35.2 Å². The van der Waals surface area contributed by atoms with Gasteiger partial charge in [0.1, 0.15) is 43.9 Å². The number of nitrogens with zero attached hydrogens (tertiary/aromatic N) is 6. The monoisotopic (exact) mass is 1220 g/mol. The van der Waals surface area contributed by atoms with Crippen molar-refractivity contribution in [1.29, 1.82) is 0 Å². The standard InChI is InChI=1S/C14H18FN.2C13H16FN.C12H16FNO.C12H14FN.C11H14FNO/c1-4-10-16(3)12(2)14(15)11-13-8-6-5-7-9-13;1-4-10-15(3)11(2)13(14)12-8-6-5-7-9-12;1-3-9-15(2)13(11-14)10-12-7-5-4-6-8-12;1-3-7-14(8-6-13)11(2)10-12-5-4-9-15-12;1-3-9-14(2)12(13)10-11-7-5-4-6-8-11;1-3-6-13(2)10(9-12)8-11-5-4-7-14-11/h1,5-9,12,14H,10-11H2,2-3H3;1,5-9,11,13H,10H2,2-3H3;1,4-8,13H,9-11H2,2H3;1,4-5,9,11H,6-8,10H2,2H3;1,4-8,12H,9-10H2,2H3;1,4-5,7,10H,6,8-9H2,2H3/i15-1;2*14-1;2*13-1;12-1. The van der Waals surface area contributed by atoms with E-state index in [-0.39, 0.29) is 43.6 Å². The minimum absolute atomic E-state index is 0.122. The molecule has 0 radical (unpaired) electrons. The first-order chi connectivity index (χ1) is 42.9. The fraction of sp³-hybridized carbons (Fsp3) is 0.413. The molecule has 8 unspecified atom stereocenters. The molecule has 0 aliphatic heterocycles. The molecule has 0 saturated heterocycles. The predicted octanol–water partition coefficient (Wildman–Crippen LogP) is 13.2. The minimum atomic E-state index is -1.01. The van der Waals surface area contributed by atoms with E-state index in [1.165, 1.54) is 4.90 Å². The fourth-order valence-corrected chi connectivity index (χ4v) is 8.49. The maximum absolute atomic E-state index is 14.0. The SMILES string of the molecule is C#CCN(C)C(C)C([18F])Cc1ccccc1.C#CCN(C)C(C)C([18F])c1ccccc1.C#CCN(C)C(C[18F])Cc1ccccc1.C#CCN(C)C(C[18F])Cc1ccco1.C#CCN(C)C([18F])Cc1ccccc1.C#CCN(CC[18F])C(C)Cc1ccco1. The van der Waals surface area contributed by atoms with Crippen LogP contribution in [0.5, 0.6) is 0 Å². The van der Waals surface area contributed by atoms with Gasteiger partial charge in [0.2, 0.25) is 0 Å². The molecule has 8 nitrogen and oxygen atoms in total. The van der Waals surface area contributed by atoms with Gasteiger partial charge in [0.25, 0.3) is 0 Å². The van der Waals surface area contributed by atoms with E-state index < -0.39 is 25.3 Å². The first-order valence-electron chi connectivity index (χ1n) is 29.6. The molecule has 478 valence electrons. The molecule has 6 aromatic rings. The van der Waals surface area contributed by atoms with Gasteiger partial charge in [0, 0.05) is 62.4 Å². The second-order valence-electron chi connectivity index (χ2n) is 21.3. The van der Waals surface area contributed by atoms with Crippen molar-refractivity contribution in [3.63, 3.8) is 0 Å². The van der Waals surface area contributed by atoms with Crippen LogP contribution in [-0.4, -0.2) is 173 Å². The van der Waals surface area contributed by atoms with Gasteiger partial charge in [-0.1, -0.05) is 157 Å². The molecule has 0 bridgehead atoms. The Bertz CT molecular complexity index is 2900. The van der Waals surface area contributed by atoms with Crippen molar-refractivity contribution in [2.24, 2.45) is 0 Å². The molecule has 14 heteroatoms. The molecule has 4 aromatic carbocycles. The van der Waals surface area contributed by atoms with Crippen LogP contribution in [0.15, 0.2) is 167 Å². The zero-order chi connectivity index (χ0) is 66.2. The molecule has 2 aromatic heterocycles. The summed E-state index contributed by atoms with van der Waals surface area (Å²) >= 11 is 0. The zero-order valence-corrected chi connectivity index (χ0v) is 53.5. The fourth-order valence-electron chi connectivity index (χ4n) is 8.49. The van der Waals surface area contributed by atoms with E-state index in [4.69, 9.17) is 47.4 Å². The van der Waals surface area contributed by atoms with Crippen molar-refractivity contribution in [1.82, 2.24) is 29.4 Å². The van der Waals surface area contributed by atoms with Crippen LogP contribution in [-0.2, 0) is 32.1 Å². The van der Waals surface area contributed by atoms with Crippen LogP contribution in [0.3, 0.4) is 0 Å². The minimum Gasteiger partial charge on any atom is -0.469 e. The van der Waals surface area contributed by atoms with Gasteiger partial charge < -0.3 is 8.83 Å². The molecule has 89 heavy (non-hydrogen) atoms. The summed E-state index contributed by atoms with van der Waals surface area (Å²) in [6, 6.07) is 45.2. The summed E-state index contributed by atoms with van der Waals surface area (Å²) in [5.74, 6) is 16.7. The van der Waals surface area contributed by atoms with E-state index >= 15 is 0 Å². The molecule has 0 N–H and O–H groups in total. The third-order valence-electron chi connectivity index (χ3n) is 14.5. The highest BCUT2D eigenvalue weighted by molar-refractivity contribution is 5.20. The van der Waals surface area contributed by atoms with Gasteiger partial charge in [-0.3, -0.25) is 29.4 Å². The van der Waals surface area contributed by atoms with Gasteiger partial charge >= 0.3 is 0 Å². The van der Waals surface area contributed by atoms with Crippen LogP contribution >= 0.6 is 0 Å². The summed E-state index contributed by atoms with van der Waals surface area (Å²) in [4.78, 5) is 10.8. The lowest BCUT2D eigenvalue weighted by molar-refractivity contribution is 0.125. The number of halogens is 6. The molecule has 0 saturated carbocycles. The third kappa shape index (κ3) is 34.5. The molecule has 0 fully saturated rings. The topological polar surface area (TPSA) is 45.7 Å². The van der Waals surface area contributed by atoms with Crippen LogP contribution in [0.25, 0.3) is 0 Å². The summed E-state index contributed by atoms with van der Waals surface area (Å²) in [6.45, 7) is 7.67. The summed E-state index contributed by atoms with van der Waals surface area (Å²) in [7, 11) is 9.04. The lowest BCUT2D eigenvalue weighted by Crippen LogP contribution is -2.38. The molecule has 2 heterocycles. The van der Waals surface area contributed by atoms with E-state index in [1.54, 1.807) is 37.8 Å². The van der Waals surface area contributed by atoms with Gasteiger partial charge in [0.15, 0.2) is 6.30 Å². The number of hydrogen-bond acceptors (Lipinski definition) is 8. The quantitative estimate of drug-likeness (QED) is 0.0262. The number of likely N-dealkylation sites (N-methyl/N-ethyl adjacent to an activating group) is 4. The second-order valence-corrected chi connectivity index (χ2v) is 21.3. The zero-order valence-electron chi connectivity index (χ0n) is 53.5. The van der Waals surface area contributed by atoms with Gasteiger partial charge in [-0.05, 0) is 109 Å². The summed E-state index contributed by atoms with van der Waals surface area (Å²) < 4.78 is 89.6. The lowest BCUT2D eigenvalue weighted by atomic mass is 10.0. The van der Waals surface area contributed by atoms with E-state index in [0.717, 1.165) is 34.6 Å². The molecule has 8 atom stereocenters. The van der Waals surface area contributed by atoms with E-state index in [1.807, 2.05) is 201 Å². The molecular formula is C75H94F6N6O2. The lowest BCUT2D eigenvalue weighted by Gasteiger charge is -2.25. The number of rotatable bonds is 29. The summed E-state index contributed by atoms with van der Waals surface area (Å²) in [6.07, 6.45) is 34.3. The number of terminal acetylenes is 6. The highest BCUT2D eigenvalue weighted by Crippen LogP contribution is 2.24. The Balaban J connectivity index is 0.000000534. The number of furan rings is 2. The predicted molar refractivity (Wildman–Crippen MR) is 357 cm³/mol. The van der Waals surface area contributed by atoms with E-state index in [2.05, 4.69) is 35.5 Å². The highest BCUT2D eigenvalue weighted by atomic mass is 18.2. The van der Waals surface area contributed by atoms with Crippen molar-refractivity contribution in [3.8, 4) is 74.1 Å². The van der Waals surface area contributed by atoms with Crippen LogP contribution in [0.4, 0.5) is 26.3 Å². The maximum atomic E-state index is 14.0. The number of hydrogen-bond donors (Lipinski definition) is 0. The highest BCUT2D eigenvalue weighted by Gasteiger charge is 2.23. The van der Waals surface area contributed by atoms with Crippen molar-refractivity contribution >= 4 is 0 Å². The Morgan fingerprint density at radius 2 is 0.775 bits per heavy atom. The Hall–Kier alpha value is -7.86. The first-order valence-corrected chi connectivity index (χ1v) is 29.6. The van der Waals surface area contributed by atoms with E-state index in [0.29, 0.717) is 77.1 Å². The summed E-state index contributed by atoms with van der Waals surface area (Å²) in [5.41, 5.74) is 3.86. The average molecular weight is 1220 g/mol. The molecule has 0 aliphatic carbocycles. The van der Waals surface area contributed by atoms with Crippen LogP contribution in [0, 0.1) is 74.1 Å². The normalized spacial score (nSPS) is 13.2. The molecule has 0 aliphatic rings. The third-order valence-corrected chi connectivity index (χ3v) is 14.5. The van der Waals surface area contributed by atoms with Crippen molar-refractivity contribution in [2.75, 3.05) is 101 Å².